The highest BCUT2D eigenvalue weighted by atomic mass is 15.0. The maximum absolute atomic E-state index is 4.50. The Bertz CT molecular complexity index is 761. The quantitative estimate of drug-likeness (QED) is 0.791. The molecule has 3 nitrogen and oxygen atoms in total. The lowest BCUT2D eigenvalue weighted by Crippen LogP contribution is -2.15. The number of aromatic nitrogens is 2. The van der Waals surface area contributed by atoms with E-state index in [1.807, 2.05) is 12.4 Å². The van der Waals surface area contributed by atoms with E-state index in [1.54, 1.807) is 0 Å². The van der Waals surface area contributed by atoms with Crippen LogP contribution in [-0.4, -0.2) is 16.0 Å². The molecule has 1 aliphatic carbocycles. The molecule has 1 aromatic heterocycles. The first-order valence-electron chi connectivity index (χ1n) is 7.42. The minimum atomic E-state index is 0.713. The second-order valence-corrected chi connectivity index (χ2v) is 5.63. The topological polar surface area (TPSA) is 37.8 Å². The van der Waals surface area contributed by atoms with Gasteiger partial charge in [-0.3, -0.25) is 0 Å². The van der Waals surface area contributed by atoms with Crippen molar-refractivity contribution in [3.8, 4) is 11.4 Å². The Morgan fingerprint density at radius 3 is 2.48 bits per heavy atom. The first-order chi connectivity index (χ1) is 10.4. The van der Waals surface area contributed by atoms with E-state index in [1.165, 1.54) is 23.6 Å². The Labute approximate surface area is 124 Å². The molecule has 1 aliphatic rings. The molecule has 1 saturated carbocycles. The van der Waals surface area contributed by atoms with Crippen LogP contribution < -0.4 is 5.32 Å². The smallest absolute Gasteiger partial charge is 0.159 e. The highest BCUT2D eigenvalue weighted by Crippen LogP contribution is 2.22. The van der Waals surface area contributed by atoms with Gasteiger partial charge in [-0.2, -0.15) is 0 Å². The number of fused-ring (bicyclic) bond motifs is 1. The number of nitrogens with one attached hydrogen (secondary N) is 1. The third-order valence-electron chi connectivity index (χ3n) is 3.89. The molecule has 21 heavy (non-hydrogen) atoms. The van der Waals surface area contributed by atoms with Crippen LogP contribution in [-0.2, 0) is 6.54 Å². The van der Waals surface area contributed by atoms with Crippen molar-refractivity contribution >= 4 is 10.8 Å². The second-order valence-electron chi connectivity index (χ2n) is 5.63. The zero-order chi connectivity index (χ0) is 14.1. The number of hydrogen-bond acceptors (Lipinski definition) is 3. The number of benzene rings is 2. The van der Waals surface area contributed by atoms with E-state index in [4.69, 9.17) is 0 Å². The molecule has 104 valence electrons. The number of rotatable bonds is 4. The molecule has 0 amide bonds. The van der Waals surface area contributed by atoms with Crippen molar-refractivity contribution in [2.45, 2.75) is 25.4 Å². The second kappa shape index (κ2) is 5.26. The fourth-order valence-electron chi connectivity index (χ4n) is 2.47. The molecule has 0 radical (unpaired) electrons. The normalized spacial score (nSPS) is 14.5. The maximum Gasteiger partial charge on any atom is 0.159 e. The van der Waals surface area contributed by atoms with Gasteiger partial charge >= 0.3 is 0 Å². The highest BCUT2D eigenvalue weighted by Gasteiger charge is 2.19. The molecule has 0 unspecified atom stereocenters. The molecule has 0 bridgehead atoms. The van der Waals surface area contributed by atoms with Crippen LogP contribution in [0.4, 0.5) is 0 Å². The van der Waals surface area contributed by atoms with E-state index in [2.05, 4.69) is 57.7 Å². The predicted molar refractivity (Wildman–Crippen MR) is 84.8 cm³/mol. The summed E-state index contributed by atoms with van der Waals surface area (Å²) in [6.07, 6.45) is 6.45. The molecule has 1 heterocycles. The summed E-state index contributed by atoms with van der Waals surface area (Å²) in [4.78, 5) is 9.01. The third kappa shape index (κ3) is 2.78. The molecule has 4 rings (SSSR count). The van der Waals surface area contributed by atoms with Gasteiger partial charge < -0.3 is 5.32 Å². The highest BCUT2D eigenvalue weighted by molar-refractivity contribution is 5.86. The predicted octanol–water partition coefficient (Wildman–Crippen LogP) is 3.55. The Balaban J connectivity index is 1.58. The van der Waals surface area contributed by atoms with Crippen molar-refractivity contribution < 1.29 is 0 Å². The van der Waals surface area contributed by atoms with E-state index in [0.29, 0.717) is 6.04 Å². The van der Waals surface area contributed by atoms with Crippen LogP contribution in [0.1, 0.15) is 18.4 Å². The lowest BCUT2D eigenvalue weighted by Gasteiger charge is -2.05. The van der Waals surface area contributed by atoms with Gasteiger partial charge in [0.15, 0.2) is 5.82 Å². The third-order valence-corrected chi connectivity index (χ3v) is 3.89. The monoisotopic (exact) mass is 275 g/mol. The average molecular weight is 275 g/mol. The molecule has 0 saturated heterocycles. The minimum absolute atomic E-state index is 0.713. The fourth-order valence-corrected chi connectivity index (χ4v) is 2.47. The Morgan fingerprint density at radius 2 is 1.71 bits per heavy atom. The fraction of sp³-hybridized carbons (Fsp3) is 0.222. The van der Waals surface area contributed by atoms with Gasteiger partial charge in [0.2, 0.25) is 0 Å². The standard InChI is InChI=1S/C18H17N3/c1-2-4-15-9-16(6-5-14(15)3-1)18-20-11-13(12-21-18)10-19-17-7-8-17/h1-6,9,11-12,17,19H,7-8,10H2. The summed E-state index contributed by atoms with van der Waals surface area (Å²) in [6.45, 7) is 0.864. The van der Waals surface area contributed by atoms with Crippen molar-refractivity contribution in [2.75, 3.05) is 0 Å². The SMILES string of the molecule is c1ccc2cc(-c3ncc(CNC4CC4)cn3)ccc2c1. The van der Waals surface area contributed by atoms with Crippen LogP contribution in [0.3, 0.4) is 0 Å². The molecule has 3 aromatic rings. The Morgan fingerprint density at radius 1 is 0.952 bits per heavy atom. The largest absolute Gasteiger partial charge is 0.310 e. The summed E-state index contributed by atoms with van der Waals surface area (Å²) in [5.41, 5.74) is 2.21. The van der Waals surface area contributed by atoms with Crippen molar-refractivity contribution in [1.82, 2.24) is 15.3 Å². The van der Waals surface area contributed by atoms with Crippen molar-refractivity contribution in [3.05, 3.63) is 60.4 Å². The lowest BCUT2D eigenvalue weighted by molar-refractivity contribution is 0.683. The summed E-state index contributed by atoms with van der Waals surface area (Å²) in [5.74, 6) is 0.788. The van der Waals surface area contributed by atoms with E-state index < -0.39 is 0 Å². The molecule has 3 heteroatoms. The molecular weight excluding hydrogens is 258 g/mol. The van der Waals surface area contributed by atoms with Crippen molar-refractivity contribution in [2.24, 2.45) is 0 Å². The van der Waals surface area contributed by atoms with E-state index in [0.717, 1.165) is 23.5 Å². The van der Waals surface area contributed by atoms with Crippen LogP contribution in [0.15, 0.2) is 54.9 Å². The van der Waals surface area contributed by atoms with E-state index in [9.17, 15) is 0 Å². The number of nitrogens with zero attached hydrogens (tertiary/aromatic N) is 2. The molecule has 1 fully saturated rings. The van der Waals surface area contributed by atoms with Crippen LogP contribution in [0, 0.1) is 0 Å². The van der Waals surface area contributed by atoms with Gasteiger partial charge in [-0.25, -0.2) is 9.97 Å². The van der Waals surface area contributed by atoms with Crippen LogP contribution in [0.2, 0.25) is 0 Å². The summed E-state index contributed by atoms with van der Waals surface area (Å²) in [7, 11) is 0. The van der Waals surface area contributed by atoms with E-state index >= 15 is 0 Å². The van der Waals surface area contributed by atoms with Gasteiger partial charge in [0.05, 0.1) is 0 Å². The van der Waals surface area contributed by atoms with Crippen LogP contribution >= 0.6 is 0 Å². The Kier molecular flexibility index (Phi) is 3.13. The van der Waals surface area contributed by atoms with Gasteiger partial charge in [-0.1, -0.05) is 36.4 Å². The molecular formula is C18H17N3. The zero-order valence-electron chi connectivity index (χ0n) is 11.8. The van der Waals surface area contributed by atoms with Gasteiger partial charge in [-0.05, 0) is 29.7 Å². The zero-order valence-corrected chi connectivity index (χ0v) is 11.8. The van der Waals surface area contributed by atoms with Crippen LogP contribution in [0.25, 0.3) is 22.2 Å². The molecule has 2 aromatic carbocycles. The molecule has 0 spiro atoms. The lowest BCUT2D eigenvalue weighted by atomic mass is 10.1. The van der Waals surface area contributed by atoms with E-state index in [-0.39, 0.29) is 0 Å². The minimum Gasteiger partial charge on any atom is -0.310 e. The first-order valence-corrected chi connectivity index (χ1v) is 7.42. The van der Waals surface area contributed by atoms with Crippen molar-refractivity contribution in [3.63, 3.8) is 0 Å². The molecule has 0 aliphatic heterocycles. The van der Waals surface area contributed by atoms with Gasteiger partial charge in [-0.15, -0.1) is 0 Å². The molecule has 0 atom stereocenters. The van der Waals surface area contributed by atoms with Gasteiger partial charge in [0.1, 0.15) is 0 Å². The average Bonchev–Trinajstić information content (AvgIpc) is 3.37. The summed E-state index contributed by atoms with van der Waals surface area (Å²) >= 11 is 0. The summed E-state index contributed by atoms with van der Waals surface area (Å²) in [5, 5.41) is 5.94. The van der Waals surface area contributed by atoms with Crippen LogP contribution in [0.5, 0.6) is 0 Å². The van der Waals surface area contributed by atoms with Crippen molar-refractivity contribution in [1.29, 1.82) is 0 Å². The Hall–Kier alpha value is -2.26. The summed E-state index contributed by atoms with van der Waals surface area (Å²) in [6, 6.07) is 15.4. The summed E-state index contributed by atoms with van der Waals surface area (Å²) < 4.78 is 0. The number of hydrogen-bond donors (Lipinski definition) is 1. The van der Waals surface area contributed by atoms with Gasteiger partial charge in [0.25, 0.3) is 0 Å². The maximum atomic E-state index is 4.50. The first kappa shape index (κ1) is 12.5. The molecule has 1 N–H and O–H groups in total. The van der Waals surface area contributed by atoms with Gasteiger partial charge in [0, 0.05) is 36.1 Å².